The Bertz CT molecular complexity index is 807. The summed E-state index contributed by atoms with van der Waals surface area (Å²) in [4.78, 5) is 37.1. The molecule has 144 valence electrons. The summed E-state index contributed by atoms with van der Waals surface area (Å²) in [6.45, 7) is 5.43. The first-order valence-corrected chi connectivity index (χ1v) is 9.54. The molecule has 0 spiro atoms. The highest BCUT2D eigenvalue weighted by molar-refractivity contribution is 9.10. The molecule has 0 aromatic heterocycles. The fourth-order valence-corrected chi connectivity index (χ4v) is 3.48. The lowest BCUT2D eigenvalue weighted by Crippen LogP contribution is -2.27. The number of carbonyl (C=O) groups is 3. The van der Waals surface area contributed by atoms with E-state index < -0.39 is 5.97 Å². The van der Waals surface area contributed by atoms with Crippen molar-refractivity contribution in [2.45, 2.75) is 6.92 Å². The molecule has 1 aromatic rings. The van der Waals surface area contributed by atoms with Crippen molar-refractivity contribution in [3.63, 3.8) is 0 Å². The van der Waals surface area contributed by atoms with Gasteiger partial charge in [0.15, 0.2) is 18.1 Å². The topological polar surface area (TPSA) is 82.1 Å². The molecule has 2 amide bonds. The number of thioether (sulfide) groups is 1. The van der Waals surface area contributed by atoms with Gasteiger partial charge in [-0.3, -0.25) is 14.5 Å². The van der Waals surface area contributed by atoms with Crippen LogP contribution in [0.4, 0.5) is 4.79 Å². The molecule has 0 N–H and O–H groups in total. The fraction of sp³-hybridized carbons (Fsp3) is 0.278. The Morgan fingerprint density at radius 3 is 2.70 bits per heavy atom. The lowest BCUT2D eigenvalue weighted by molar-refractivity contribution is -0.145. The molecule has 0 aliphatic carbocycles. The Labute approximate surface area is 169 Å². The van der Waals surface area contributed by atoms with Gasteiger partial charge in [-0.1, -0.05) is 22.0 Å². The van der Waals surface area contributed by atoms with E-state index in [0.29, 0.717) is 26.4 Å². The van der Waals surface area contributed by atoms with Gasteiger partial charge in [0, 0.05) is 11.0 Å². The minimum absolute atomic E-state index is 0.160. The Hall–Kier alpha value is -2.26. The van der Waals surface area contributed by atoms with Crippen molar-refractivity contribution in [1.82, 2.24) is 4.90 Å². The number of benzene rings is 1. The maximum absolute atomic E-state index is 12.3. The number of methoxy groups -OCH3 is 1. The highest BCUT2D eigenvalue weighted by atomic mass is 79.9. The molecular weight excluding hydrogens is 438 g/mol. The van der Waals surface area contributed by atoms with E-state index in [1.165, 1.54) is 13.2 Å². The Balaban J connectivity index is 2.26. The van der Waals surface area contributed by atoms with Crippen molar-refractivity contribution < 1.29 is 28.6 Å². The molecule has 9 heteroatoms. The van der Waals surface area contributed by atoms with E-state index in [0.717, 1.165) is 16.7 Å². The van der Waals surface area contributed by atoms with Gasteiger partial charge in [-0.15, -0.1) is 6.58 Å². The number of halogens is 1. The lowest BCUT2D eigenvalue weighted by Gasteiger charge is -2.12. The fourth-order valence-electron chi connectivity index (χ4n) is 2.20. The summed E-state index contributed by atoms with van der Waals surface area (Å²) in [6, 6.07) is 3.27. The molecule has 1 saturated heterocycles. The molecular formula is C18H18BrNO6S. The van der Waals surface area contributed by atoms with Crippen molar-refractivity contribution in [3.8, 4) is 11.5 Å². The van der Waals surface area contributed by atoms with Crippen molar-refractivity contribution in [3.05, 3.63) is 39.7 Å². The summed E-state index contributed by atoms with van der Waals surface area (Å²) in [5.41, 5.74) is 0.624. The second-order valence-corrected chi connectivity index (χ2v) is 7.05. The summed E-state index contributed by atoms with van der Waals surface area (Å²) in [7, 11) is 1.46. The standard InChI is InChI=1S/C18H18BrNO6S/c1-4-6-20-17(22)15(27-18(20)23)8-11-7-13(24-3)14(9-12(11)19)26-10-16(21)25-5-2/h4,7-9H,1,5-6,10H2,2-3H3. The first-order valence-electron chi connectivity index (χ1n) is 7.93. The van der Waals surface area contributed by atoms with Gasteiger partial charge in [-0.25, -0.2) is 4.79 Å². The molecule has 0 atom stereocenters. The van der Waals surface area contributed by atoms with Crippen molar-refractivity contribution >= 4 is 50.9 Å². The van der Waals surface area contributed by atoms with E-state index in [1.807, 2.05) is 0 Å². The van der Waals surface area contributed by atoms with Crippen molar-refractivity contribution in [2.75, 3.05) is 26.9 Å². The minimum atomic E-state index is -0.490. The van der Waals surface area contributed by atoms with Crippen LogP contribution in [0.2, 0.25) is 0 Å². The molecule has 27 heavy (non-hydrogen) atoms. The zero-order valence-electron chi connectivity index (χ0n) is 14.8. The predicted octanol–water partition coefficient (Wildman–Crippen LogP) is 3.62. The molecule has 0 bridgehead atoms. The lowest BCUT2D eigenvalue weighted by atomic mass is 10.2. The van der Waals surface area contributed by atoms with E-state index in [-0.39, 0.29) is 30.9 Å². The third-order valence-corrected chi connectivity index (χ3v) is 5.00. The first-order chi connectivity index (χ1) is 12.9. The summed E-state index contributed by atoms with van der Waals surface area (Å²) in [5, 5.41) is -0.344. The van der Waals surface area contributed by atoms with Crippen molar-refractivity contribution in [2.24, 2.45) is 0 Å². The number of nitrogens with zero attached hydrogens (tertiary/aromatic N) is 1. The third-order valence-electron chi connectivity index (χ3n) is 3.41. The van der Waals surface area contributed by atoms with Crippen LogP contribution in [0.25, 0.3) is 6.08 Å². The molecule has 0 radical (unpaired) electrons. The van der Waals surface area contributed by atoms with Crippen LogP contribution in [0.5, 0.6) is 11.5 Å². The number of rotatable bonds is 8. The molecule has 1 fully saturated rings. The minimum Gasteiger partial charge on any atom is -0.493 e. The van der Waals surface area contributed by atoms with E-state index >= 15 is 0 Å². The second kappa shape index (κ2) is 9.61. The molecule has 1 aromatic carbocycles. The van der Waals surface area contributed by atoms with Gasteiger partial charge in [0.05, 0.1) is 18.6 Å². The van der Waals surface area contributed by atoms with Gasteiger partial charge in [-0.05, 0) is 42.5 Å². The number of ether oxygens (including phenoxy) is 3. The number of hydrogen-bond acceptors (Lipinski definition) is 7. The average Bonchev–Trinajstić information content (AvgIpc) is 2.89. The highest BCUT2D eigenvalue weighted by Gasteiger charge is 2.34. The molecule has 7 nitrogen and oxygen atoms in total. The Morgan fingerprint density at radius 2 is 2.07 bits per heavy atom. The van der Waals surface area contributed by atoms with Gasteiger partial charge < -0.3 is 14.2 Å². The molecule has 0 saturated carbocycles. The molecule has 1 aliphatic heterocycles. The van der Waals surface area contributed by atoms with Crippen LogP contribution < -0.4 is 9.47 Å². The van der Waals surface area contributed by atoms with Gasteiger partial charge in [0.1, 0.15) is 0 Å². The van der Waals surface area contributed by atoms with Crippen LogP contribution >= 0.6 is 27.7 Å². The highest BCUT2D eigenvalue weighted by Crippen LogP contribution is 2.38. The van der Waals surface area contributed by atoms with Gasteiger partial charge >= 0.3 is 5.97 Å². The third kappa shape index (κ3) is 5.14. The predicted molar refractivity (Wildman–Crippen MR) is 106 cm³/mol. The number of amides is 2. The Kier molecular flexibility index (Phi) is 7.49. The number of hydrogen-bond donors (Lipinski definition) is 0. The smallest absolute Gasteiger partial charge is 0.344 e. The zero-order chi connectivity index (χ0) is 20.0. The molecule has 1 aliphatic rings. The van der Waals surface area contributed by atoms with Crippen LogP contribution in [-0.2, 0) is 14.3 Å². The average molecular weight is 456 g/mol. The molecule has 1 heterocycles. The first kappa shape index (κ1) is 21.0. The van der Waals surface area contributed by atoms with Crippen LogP contribution in [-0.4, -0.2) is 48.9 Å². The van der Waals surface area contributed by atoms with Gasteiger partial charge in [-0.2, -0.15) is 0 Å². The van der Waals surface area contributed by atoms with E-state index in [4.69, 9.17) is 14.2 Å². The maximum Gasteiger partial charge on any atom is 0.344 e. The quantitative estimate of drug-likeness (QED) is 0.336. The van der Waals surface area contributed by atoms with E-state index in [1.54, 1.807) is 25.1 Å². The number of imide groups is 1. The summed E-state index contributed by atoms with van der Waals surface area (Å²) < 4.78 is 16.2. The van der Waals surface area contributed by atoms with Crippen LogP contribution in [0.3, 0.4) is 0 Å². The normalized spacial score (nSPS) is 15.2. The van der Waals surface area contributed by atoms with Crippen LogP contribution in [0.1, 0.15) is 12.5 Å². The summed E-state index contributed by atoms with van der Waals surface area (Å²) in [5.74, 6) is -0.151. The van der Waals surface area contributed by atoms with Crippen LogP contribution in [0.15, 0.2) is 34.2 Å². The SMILES string of the molecule is C=CCN1C(=O)SC(=Cc2cc(OC)c(OCC(=O)OCC)cc2Br)C1=O. The monoisotopic (exact) mass is 455 g/mol. The van der Waals surface area contributed by atoms with Gasteiger partial charge in [0.2, 0.25) is 0 Å². The second-order valence-electron chi connectivity index (χ2n) is 5.20. The molecule has 0 unspecified atom stereocenters. The summed E-state index contributed by atoms with van der Waals surface area (Å²) >= 11 is 4.26. The Morgan fingerprint density at radius 1 is 1.33 bits per heavy atom. The van der Waals surface area contributed by atoms with E-state index in [2.05, 4.69) is 22.5 Å². The molecule has 2 rings (SSSR count). The van der Waals surface area contributed by atoms with E-state index in [9.17, 15) is 14.4 Å². The number of carbonyl (C=O) groups excluding carboxylic acids is 3. The summed E-state index contributed by atoms with van der Waals surface area (Å²) in [6.07, 6.45) is 3.09. The van der Waals surface area contributed by atoms with Crippen molar-refractivity contribution in [1.29, 1.82) is 0 Å². The number of esters is 1. The van der Waals surface area contributed by atoms with Crippen LogP contribution in [0, 0.1) is 0 Å². The zero-order valence-corrected chi connectivity index (χ0v) is 17.2. The maximum atomic E-state index is 12.3. The largest absolute Gasteiger partial charge is 0.493 e. The van der Waals surface area contributed by atoms with Gasteiger partial charge in [0.25, 0.3) is 11.1 Å².